The molecule has 6 nitrogen and oxygen atoms in total. The molecule has 1 saturated carbocycles. The number of carbonyl (C=O) groups is 1. The fourth-order valence-electron chi connectivity index (χ4n) is 2.62. The Hall–Kier alpha value is -2.78. The largest absolute Gasteiger partial charge is 0.341 e. The second kappa shape index (κ2) is 6.26. The maximum Gasteiger partial charge on any atom is 0.255 e. The minimum absolute atomic E-state index is 0.170. The molecule has 4 rings (SSSR count). The third-order valence-electron chi connectivity index (χ3n) is 4.19. The van der Waals surface area contributed by atoms with Crippen LogP contribution >= 0.6 is 11.6 Å². The van der Waals surface area contributed by atoms with Gasteiger partial charge in [-0.2, -0.15) is 10.2 Å². The van der Waals surface area contributed by atoms with Gasteiger partial charge >= 0.3 is 0 Å². The number of aryl methyl sites for hydroxylation is 1. The number of pyridine rings is 1. The maximum atomic E-state index is 12.1. The highest BCUT2D eigenvalue weighted by Crippen LogP contribution is 2.33. The summed E-state index contributed by atoms with van der Waals surface area (Å²) >= 11 is 6.13. The van der Waals surface area contributed by atoms with Crippen LogP contribution < -0.4 is 5.32 Å². The van der Waals surface area contributed by atoms with Gasteiger partial charge in [-0.3, -0.25) is 9.48 Å². The minimum Gasteiger partial charge on any atom is -0.341 e. The van der Waals surface area contributed by atoms with E-state index in [1.165, 1.54) is 0 Å². The summed E-state index contributed by atoms with van der Waals surface area (Å²) in [5.74, 6) is 5.76. The summed E-state index contributed by atoms with van der Waals surface area (Å²) < 4.78 is 3.51. The number of hydrogen-bond donors (Lipinski definition) is 1. The molecule has 0 saturated heterocycles. The molecule has 0 unspecified atom stereocenters. The van der Waals surface area contributed by atoms with Gasteiger partial charge in [0, 0.05) is 11.8 Å². The van der Waals surface area contributed by atoms with Crippen molar-refractivity contribution in [2.75, 3.05) is 6.54 Å². The third-order valence-corrected chi connectivity index (χ3v) is 4.47. The molecule has 0 bridgehead atoms. The lowest BCUT2D eigenvalue weighted by Crippen LogP contribution is -2.23. The molecule has 1 amide bonds. The summed E-state index contributed by atoms with van der Waals surface area (Å²) in [5.41, 5.74) is 3.11. The summed E-state index contributed by atoms with van der Waals surface area (Å²) in [5, 5.41) is 11.9. The van der Waals surface area contributed by atoms with Gasteiger partial charge in [-0.05, 0) is 37.8 Å². The molecule has 3 aromatic rings. The van der Waals surface area contributed by atoms with Crippen LogP contribution in [0.3, 0.4) is 0 Å². The van der Waals surface area contributed by atoms with Crippen molar-refractivity contribution in [2.45, 2.75) is 25.8 Å². The predicted octanol–water partition coefficient (Wildman–Crippen LogP) is 2.61. The van der Waals surface area contributed by atoms with E-state index in [2.05, 4.69) is 27.4 Å². The van der Waals surface area contributed by atoms with Crippen molar-refractivity contribution in [1.29, 1.82) is 0 Å². The molecule has 3 heterocycles. The molecule has 25 heavy (non-hydrogen) atoms. The van der Waals surface area contributed by atoms with E-state index < -0.39 is 0 Å². The topological polar surface area (TPSA) is 64.2 Å². The molecule has 0 spiro atoms. The van der Waals surface area contributed by atoms with E-state index in [9.17, 15) is 4.79 Å². The minimum atomic E-state index is -0.170. The van der Waals surface area contributed by atoms with Crippen LogP contribution in [0.2, 0.25) is 5.15 Å². The van der Waals surface area contributed by atoms with Gasteiger partial charge in [0.05, 0.1) is 29.9 Å². The maximum absolute atomic E-state index is 12.1. The number of halogens is 1. The zero-order valence-corrected chi connectivity index (χ0v) is 14.4. The van der Waals surface area contributed by atoms with Crippen molar-refractivity contribution in [1.82, 2.24) is 24.7 Å². The van der Waals surface area contributed by atoms with Crippen LogP contribution in [0.25, 0.3) is 5.52 Å². The third kappa shape index (κ3) is 3.11. The van der Waals surface area contributed by atoms with Gasteiger partial charge in [0.15, 0.2) is 0 Å². The van der Waals surface area contributed by atoms with Crippen LogP contribution in [0.1, 0.15) is 40.5 Å². The summed E-state index contributed by atoms with van der Waals surface area (Å²) in [6.45, 7) is 2.20. The van der Waals surface area contributed by atoms with E-state index in [0.29, 0.717) is 22.5 Å². The van der Waals surface area contributed by atoms with Crippen molar-refractivity contribution in [2.24, 2.45) is 0 Å². The number of carbonyl (C=O) groups excluding carboxylic acids is 1. The number of fused-ring (bicyclic) bond motifs is 1. The second-order valence-electron chi connectivity index (χ2n) is 6.04. The lowest BCUT2D eigenvalue weighted by molar-refractivity contribution is 0.0958. The van der Waals surface area contributed by atoms with E-state index in [-0.39, 0.29) is 12.5 Å². The summed E-state index contributed by atoms with van der Waals surface area (Å²) in [7, 11) is 0. The number of nitrogens with zero attached hydrogens (tertiary/aromatic N) is 4. The van der Waals surface area contributed by atoms with Crippen LogP contribution in [0, 0.1) is 18.8 Å². The quantitative estimate of drug-likeness (QED) is 0.581. The van der Waals surface area contributed by atoms with E-state index >= 15 is 0 Å². The first kappa shape index (κ1) is 15.7. The van der Waals surface area contributed by atoms with Gasteiger partial charge < -0.3 is 5.32 Å². The normalized spacial score (nSPS) is 13.5. The van der Waals surface area contributed by atoms with Gasteiger partial charge in [0.1, 0.15) is 10.8 Å². The molecule has 1 aliphatic carbocycles. The second-order valence-corrected chi connectivity index (χ2v) is 6.43. The first-order valence-corrected chi connectivity index (χ1v) is 8.46. The number of aromatic nitrogens is 4. The molecule has 0 atom stereocenters. The molecule has 7 heteroatoms. The molecule has 126 valence electrons. The first-order chi connectivity index (χ1) is 12.1. The highest BCUT2D eigenvalue weighted by molar-refractivity contribution is 6.29. The monoisotopic (exact) mass is 353 g/mol. The molecule has 3 aromatic heterocycles. The Morgan fingerprint density at radius 1 is 1.44 bits per heavy atom. The average molecular weight is 354 g/mol. The van der Waals surface area contributed by atoms with Gasteiger partial charge in [-0.15, -0.1) is 0 Å². The highest BCUT2D eigenvalue weighted by Gasteiger charge is 2.24. The van der Waals surface area contributed by atoms with E-state index in [1.807, 2.05) is 23.7 Å². The molecule has 1 N–H and O–H groups in total. The van der Waals surface area contributed by atoms with E-state index in [0.717, 1.165) is 23.9 Å². The molecule has 0 radical (unpaired) electrons. The number of rotatable bonds is 3. The molecule has 0 aliphatic heterocycles. The Bertz CT molecular complexity index is 1020. The lowest BCUT2D eigenvalue weighted by Gasteiger charge is -1.97. The standard InChI is InChI=1S/C18H16ClN5O/c1-12-15(22-24-16(12)5-2-6-17(24)19)4-3-9-20-18(25)13-10-21-23(11-13)14-7-8-14/h2,5-6,10-11,14H,7-9H2,1H3,(H,20,25). The highest BCUT2D eigenvalue weighted by atomic mass is 35.5. The van der Waals surface area contributed by atoms with Gasteiger partial charge in [0.2, 0.25) is 0 Å². The molecule has 1 aliphatic rings. The SMILES string of the molecule is Cc1c(C#CCNC(=O)c2cnn(C3CC3)c2)nn2c(Cl)cccc12. The lowest BCUT2D eigenvalue weighted by atomic mass is 10.2. The Morgan fingerprint density at radius 3 is 3.04 bits per heavy atom. The van der Waals surface area contributed by atoms with Crippen LogP contribution in [0.15, 0.2) is 30.6 Å². The van der Waals surface area contributed by atoms with Gasteiger partial charge in [0.25, 0.3) is 5.91 Å². The average Bonchev–Trinajstić information content (AvgIpc) is 3.25. The predicted molar refractivity (Wildman–Crippen MR) is 94.6 cm³/mol. The van der Waals surface area contributed by atoms with Crippen LogP contribution in [-0.2, 0) is 0 Å². The van der Waals surface area contributed by atoms with E-state index in [4.69, 9.17) is 11.6 Å². The fraction of sp³-hybridized carbons (Fsp3) is 0.278. The van der Waals surface area contributed by atoms with E-state index in [1.54, 1.807) is 23.0 Å². The van der Waals surface area contributed by atoms with Crippen molar-refractivity contribution in [3.63, 3.8) is 0 Å². The van der Waals surface area contributed by atoms with Crippen molar-refractivity contribution in [3.05, 3.63) is 52.6 Å². The van der Waals surface area contributed by atoms with Crippen LogP contribution in [0.4, 0.5) is 0 Å². The van der Waals surface area contributed by atoms with Gasteiger partial charge in [-0.1, -0.05) is 23.6 Å². The fourth-order valence-corrected chi connectivity index (χ4v) is 2.83. The Morgan fingerprint density at radius 2 is 2.28 bits per heavy atom. The summed E-state index contributed by atoms with van der Waals surface area (Å²) in [6.07, 6.45) is 5.65. The van der Waals surface area contributed by atoms with Gasteiger partial charge in [-0.25, -0.2) is 4.52 Å². The Labute approximate surface area is 149 Å². The van der Waals surface area contributed by atoms with Crippen molar-refractivity contribution < 1.29 is 4.79 Å². The zero-order valence-electron chi connectivity index (χ0n) is 13.7. The zero-order chi connectivity index (χ0) is 17.4. The van der Waals surface area contributed by atoms with Crippen molar-refractivity contribution in [3.8, 4) is 11.8 Å². The number of hydrogen-bond acceptors (Lipinski definition) is 3. The van der Waals surface area contributed by atoms with Crippen LogP contribution in [-0.4, -0.2) is 31.8 Å². The Kier molecular flexibility index (Phi) is 3.94. The molecular formula is C18H16ClN5O. The first-order valence-electron chi connectivity index (χ1n) is 8.08. The smallest absolute Gasteiger partial charge is 0.255 e. The molecule has 1 fully saturated rings. The summed E-state index contributed by atoms with van der Waals surface area (Å²) in [4.78, 5) is 12.1. The Balaban J connectivity index is 1.42. The number of amides is 1. The van der Waals surface area contributed by atoms with Crippen molar-refractivity contribution >= 4 is 23.0 Å². The molecule has 0 aromatic carbocycles. The number of nitrogens with one attached hydrogen (secondary N) is 1. The molecular weight excluding hydrogens is 338 g/mol. The summed E-state index contributed by atoms with van der Waals surface area (Å²) in [6, 6.07) is 6.07. The van der Waals surface area contributed by atoms with Crippen LogP contribution in [0.5, 0.6) is 0 Å².